The first-order valence-corrected chi connectivity index (χ1v) is 6.62. The third-order valence-corrected chi connectivity index (χ3v) is 2.95. The Kier molecular flexibility index (Phi) is 6.19. The van der Waals surface area contributed by atoms with Gasteiger partial charge in [0.15, 0.2) is 0 Å². The number of amides is 1. The second kappa shape index (κ2) is 7.19. The molecule has 0 spiro atoms. The van der Waals surface area contributed by atoms with Gasteiger partial charge in [0, 0.05) is 20.2 Å². The molecular formula is C13H26N2O4. The van der Waals surface area contributed by atoms with Crippen molar-refractivity contribution in [3.8, 4) is 0 Å². The topological polar surface area (TPSA) is 79.8 Å². The zero-order chi connectivity index (χ0) is 14.5. The normalized spacial score (nSPS) is 27.5. The summed E-state index contributed by atoms with van der Waals surface area (Å²) in [5.74, 6) is -0.204. The summed E-state index contributed by atoms with van der Waals surface area (Å²) in [7, 11) is 1.47. The van der Waals surface area contributed by atoms with Crippen molar-refractivity contribution in [1.82, 2.24) is 10.6 Å². The Morgan fingerprint density at radius 2 is 2.16 bits per heavy atom. The molecule has 0 aromatic carbocycles. The molecule has 1 saturated heterocycles. The smallest absolute Gasteiger partial charge is 0.246 e. The van der Waals surface area contributed by atoms with Gasteiger partial charge < -0.3 is 25.2 Å². The van der Waals surface area contributed by atoms with Crippen molar-refractivity contribution in [2.45, 2.75) is 39.0 Å². The Morgan fingerprint density at radius 1 is 1.47 bits per heavy atom. The molecule has 0 aromatic heterocycles. The molecule has 1 aliphatic heterocycles. The van der Waals surface area contributed by atoms with E-state index in [2.05, 4.69) is 31.4 Å². The number of hydrogen-bond acceptors (Lipinski definition) is 5. The van der Waals surface area contributed by atoms with E-state index in [4.69, 9.17) is 9.47 Å². The lowest BCUT2D eigenvalue weighted by molar-refractivity contribution is -0.125. The Hall–Kier alpha value is -0.690. The van der Waals surface area contributed by atoms with Crippen LogP contribution in [0.3, 0.4) is 0 Å². The van der Waals surface area contributed by atoms with E-state index in [9.17, 15) is 9.90 Å². The van der Waals surface area contributed by atoms with E-state index in [0.29, 0.717) is 13.2 Å². The van der Waals surface area contributed by atoms with Crippen LogP contribution in [0.4, 0.5) is 0 Å². The molecule has 6 heteroatoms. The van der Waals surface area contributed by atoms with Gasteiger partial charge in [0.25, 0.3) is 0 Å². The highest BCUT2D eigenvalue weighted by Crippen LogP contribution is 2.16. The summed E-state index contributed by atoms with van der Waals surface area (Å²) < 4.78 is 10.2. The average molecular weight is 274 g/mol. The quantitative estimate of drug-likeness (QED) is 0.609. The van der Waals surface area contributed by atoms with Crippen molar-refractivity contribution in [2.75, 3.05) is 33.4 Å². The summed E-state index contributed by atoms with van der Waals surface area (Å²) in [5.41, 5.74) is 0.157. The van der Waals surface area contributed by atoms with Crippen molar-refractivity contribution in [3.63, 3.8) is 0 Å². The van der Waals surface area contributed by atoms with Crippen molar-refractivity contribution in [1.29, 1.82) is 0 Å². The van der Waals surface area contributed by atoms with Crippen LogP contribution in [0.2, 0.25) is 0 Å². The van der Waals surface area contributed by atoms with Crippen LogP contribution in [0.1, 0.15) is 20.8 Å². The summed E-state index contributed by atoms with van der Waals surface area (Å²) in [6, 6.07) is -0.0800. The fourth-order valence-corrected chi connectivity index (χ4v) is 1.88. The monoisotopic (exact) mass is 274 g/mol. The Bertz CT molecular complexity index is 291. The number of ether oxygens (including phenoxy) is 2. The summed E-state index contributed by atoms with van der Waals surface area (Å²) >= 11 is 0. The largest absolute Gasteiger partial charge is 0.389 e. The van der Waals surface area contributed by atoms with E-state index < -0.39 is 6.10 Å². The molecule has 3 N–H and O–H groups in total. The Morgan fingerprint density at radius 3 is 2.74 bits per heavy atom. The minimum absolute atomic E-state index is 0.0223. The van der Waals surface area contributed by atoms with Crippen molar-refractivity contribution >= 4 is 5.91 Å². The minimum Gasteiger partial charge on any atom is -0.389 e. The fraction of sp³-hybridized carbons (Fsp3) is 0.923. The van der Waals surface area contributed by atoms with Crippen LogP contribution in [0.15, 0.2) is 0 Å². The molecule has 112 valence electrons. The number of carbonyl (C=O) groups is 1. The van der Waals surface area contributed by atoms with Crippen molar-refractivity contribution in [2.24, 2.45) is 5.41 Å². The first kappa shape index (κ1) is 16.4. The summed E-state index contributed by atoms with van der Waals surface area (Å²) in [4.78, 5) is 11.3. The highest BCUT2D eigenvalue weighted by Gasteiger charge is 2.36. The molecule has 0 radical (unpaired) electrons. The van der Waals surface area contributed by atoms with Gasteiger partial charge >= 0.3 is 0 Å². The standard InChI is InChI=1S/C13H26N2O4/c1-13(2,3)8-15-9-6-19-10(12(9)17)5-14-11(16)7-18-4/h9-10,12,15,17H,5-8H2,1-4H3,(H,14,16). The predicted octanol–water partition coefficient (Wildman–Crippen LogP) is -0.487. The number of rotatable bonds is 6. The van der Waals surface area contributed by atoms with Gasteiger partial charge in [-0.05, 0) is 5.41 Å². The third-order valence-electron chi connectivity index (χ3n) is 2.95. The zero-order valence-electron chi connectivity index (χ0n) is 12.2. The van der Waals surface area contributed by atoms with Crippen LogP contribution in [0, 0.1) is 5.41 Å². The molecule has 1 aliphatic rings. The Labute approximate surface area is 114 Å². The number of aliphatic hydroxyl groups excluding tert-OH is 1. The van der Waals surface area contributed by atoms with Crippen molar-refractivity contribution < 1.29 is 19.4 Å². The molecule has 0 aliphatic carbocycles. The molecule has 6 nitrogen and oxygen atoms in total. The molecule has 19 heavy (non-hydrogen) atoms. The number of nitrogens with one attached hydrogen (secondary N) is 2. The molecule has 1 amide bonds. The van der Waals surface area contributed by atoms with Crippen LogP contribution in [0.5, 0.6) is 0 Å². The highest BCUT2D eigenvalue weighted by atomic mass is 16.5. The Balaban J connectivity index is 2.30. The molecule has 0 saturated carbocycles. The molecule has 1 rings (SSSR count). The van der Waals surface area contributed by atoms with Gasteiger partial charge in [-0.3, -0.25) is 4.79 Å². The van der Waals surface area contributed by atoms with Gasteiger partial charge in [-0.25, -0.2) is 0 Å². The first-order chi connectivity index (χ1) is 8.83. The lowest BCUT2D eigenvalue weighted by Gasteiger charge is -2.24. The highest BCUT2D eigenvalue weighted by molar-refractivity contribution is 5.77. The van der Waals surface area contributed by atoms with Crippen LogP contribution in [0.25, 0.3) is 0 Å². The SMILES string of the molecule is COCC(=O)NCC1OCC(NCC(C)(C)C)C1O. The van der Waals surface area contributed by atoms with Gasteiger partial charge in [-0.1, -0.05) is 20.8 Å². The molecule has 0 aromatic rings. The average Bonchev–Trinajstić information content (AvgIpc) is 2.65. The summed E-state index contributed by atoms with van der Waals surface area (Å²) in [5, 5.41) is 16.1. The van der Waals surface area contributed by atoms with Crippen LogP contribution < -0.4 is 10.6 Å². The minimum atomic E-state index is -0.606. The lowest BCUT2D eigenvalue weighted by atomic mass is 9.96. The van der Waals surface area contributed by atoms with Crippen LogP contribution >= 0.6 is 0 Å². The van der Waals surface area contributed by atoms with E-state index in [-0.39, 0.29) is 30.1 Å². The van der Waals surface area contributed by atoms with Crippen LogP contribution in [-0.2, 0) is 14.3 Å². The molecular weight excluding hydrogens is 248 g/mol. The first-order valence-electron chi connectivity index (χ1n) is 6.62. The lowest BCUT2D eigenvalue weighted by Crippen LogP contribution is -2.47. The number of hydrogen-bond donors (Lipinski definition) is 3. The van der Waals surface area contributed by atoms with E-state index >= 15 is 0 Å². The maximum atomic E-state index is 11.3. The van der Waals surface area contributed by atoms with Crippen molar-refractivity contribution in [3.05, 3.63) is 0 Å². The maximum absolute atomic E-state index is 11.3. The molecule has 0 bridgehead atoms. The van der Waals surface area contributed by atoms with E-state index in [1.807, 2.05) is 0 Å². The second-order valence-corrected chi connectivity index (χ2v) is 6.15. The van der Waals surface area contributed by atoms with E-state index in [1.165, 1.54) is 7.11 Å². The number of carbonyl (C=O) groups excluding carboxylic acids is 1. The second-order valence-electron chi connectivity index (χ2n) is 6.15. The van der Waals surface area contributed by atoms with Gasteiger partial charge in [0.2, 0.25) is 5.91 Å². The van der Waals surface area contributed by atoms with Gasteiger partial charge in [0.05, 0.1) is 18.8 Å². The summed E-state index contributed by atoms with van der Waals surface area (Å²) in [6.45, 7) is 7.98. The number of methoxy groups -OCH3 is 1. The fourth-order valence-electron chi connectivity index (χ4n) is 1.88. The summed E-state index contributed by atoms with van der Waals surface area (Å²) in [6.07, 6.45) is -0.969. The third kappa shape index (κ3) is 5.86. The van der Waals surface area contributed by atoms with Gasteiger partial charge in [0.1, 0.15) is 12.7 Å². The number of aliphatic hydroxyl groups is 1. The van der Waals surface area contributed by atoms with E-state index in [1.54, 1.807) is 0 Å². The van der Waals surface area contributed by atoms with Crippen LogP contribution in [-0.4, -0.2) is 62.7 Å². The predicted molar refractivity (Wildman–Crippen MR) is 71.9 cm³/mol. The molecule has 1 fully saturated rings. The molecule has 3 unspecified atom stereocenters. The van der Waals surface area contributed by atoms with Gasteiger partial charge in [-0.15, -0.1) is 0 Å². The zero-order valence-corrected chi connectivity index (χ0v) is 12.2. The molecule has 3 atom stereocenters. The molecule has 1 heterocycles. The van der Waals surface area contributed by atoms with Gasteiger partial charge in [-0.2, -0.15) is 0 Å². The van der Waals surface area contributed by atoms with E-state index in [0.717, 1.165) is 6.54 Å². The maximum Gasteiger partial charge on any atom is 0.246 e.